The van der Waals surface area contributed by atoms with Crippen molar-refractivity contribution in [3.63, 3.8) is 0 Å². The summed E-state index contributed by atoms with van der Waals surface area (Å²) in [5, 5.41) is 2.83. The summed E-state index contributed by atoms with van der Waals surface area (Å²) in [5.41, 5.74) is 0.965. The number of fused-ring (bicyclic) bond motifs is 1. The topological polar surface area (TPSA) is 76.6 Å². The third-order valence-electron chi connectivity index (χ3n) is 3.77. The fourth-order valence-corrected chi connectivity index (χ4v) is 2.55. The van der Waals surface area contributed by atoms with Crippen LogP contribution in [0.2, 0.25) is 0 Å². The summed E-state index contributed by atoms with van der Waals surface area (Å²) in [6, 6.07) is 6.98. The number of hydrogen-bond donors (Lipinski definition) is 1. The number of carbonyl (C=O) groups is 1. The van der Waals surface area contributed by atoms with E-state index in [0.717, 1.165) is 18.9 Å². The highest BCUT2D eigenvalue weighted by atomic mass is 16.7. The van der Waals surface area contributed by atoms with E-state index in [1.165, 1.54) is 0 Å². The zero-order chi connectivity index (χ0) is 17.1. The Morgan fingerprint density at radius 1 is 1.17 bits per heavy atom. The molecule has 0 unspecified atom stereocenters. The first-order valence-corrected chi connectivity index (χ1v) is 7.92. The van der Waals surface area contributed by atoms with Crippen LogP contribution in [0.3, 0.4) is 0 Å². The number of rotatable bonds is 5. The molecule has 3 rings (SSSR count). The second kappa shape index (κ2) is 6.74. The van der Waals surface area contributed by atoms with E-state index in [9.17, 15) is 4.79 Å². The van der Waals surface area contributed by atoms with Crippen LogP contribution in [0.15, 0.2) is 24.3 Å². The lowest BCUT2D eigenvalue weighted by atomic mass is 10.2. The average molecular weight is 328 g/mol. The summed E-state index contributed by atoms with van der Waals surface area (Å²) in [4.78, 5) is 23.3. The number of ether oxygens (including phenoxy) is 2. The molecular formula is C17H20N4O3. The quantitative estimate of drug-likeness (QED) is 0.909. The molecule has 0 radical (unpaired) electrons. The molecule has 0 atom stereocenters. The summed E-state index contributed by atoms with van der Waals surface area (Å²) in [7, 11) is 0. The number of benzene rings is 1. The third-order valence-corrected chi connectivity index (χ3v) is 3.77. The van der Waals surface area contributed by atoms with Crippen molar-refractivity contribution in [2.75, 3.05) is 30.1 Å². The molecule has 7 nitrogen and oxygen atoms in total. The minimum Gasteiger partial charge on any atom is -0.454 e. The number of amides is 1. The van der Waals surface area contributed by atoms with Gasteiger partial charge in [-0.15, -0.1) is 0 Å². The number of nitrogens with one attached hydrogen (secondary N) is 1. The summed E-state index contributed by atoms with van der Waals surface area (Å²) in [5.74, 6) is 2.33. The van der Waals surface area contributed by atoms with Crippen LogP contribution in [0, 0.1) is 6.92 Å². The highest BCUT2D eigenvalue weighted by Gasteiger charge is 2.16. The van der Waals surface area contributed by atoms with E-state index in [4.69, 9.17) is 9.47 Å². The summed E-state index contributed by atoms with van der Waals surface area (Å²) >= 11 is 0. The van der Waals surface area contributed by atoms with Gasteiger partial charge in [0.25, 0.3) is 5.91 Å². The van der Waals surface area contributed by atoms with Crippen molar-refractivity contribution in [3.8, 4) is 11.5 Å². The molecule has 1 aromatic heterocycles. The maximum Gasteiger partial charge on any atom is 0.274 e. The van der Waals surface area contributed by atoms with Crippen LogP contribution in [-0.2, 0) is 0 Å². The van der Waals surface area contributed by atoms with Crippen molar-refractivity contribution in [1.29, 1.82) is 0 Å². The van der Waals surface area contributed by atoms with Crippen LogP contribution in [0.25, 0.3) is 0 Å². The van der Waals surface area contributed by atoms with Gasteiger partial charge in [0.2, 0.25) is 6.79 Å². The summed E-state index contributed by atoms with van der Waals surface area (Å²) in [6.07, 6.45) is 0. The van der Waals surface area contributed by atoms with E-state index in [2.05, 4.69) is 20.2 Å². The third kappa shape index (κ3) is 3.24. The van der Waals surface area contributed by atoms with Crippen LogP contribution in [0.5, 0.6) is 11.5 Å². The standard InChI is InChI=1S/C17H20N4O3/c1-4-21(5-2)16-9-13(18-11(3)19-16)17(22)20-12-6-7-14-15(8-12)24-10-23-14/h6-9H,4-5,10H2,1-3H3,(H,20,22). The lowest BCUT2D eigenvalue weighted by Gasteiger charge is -2.20. The predicted molar refractivity (Wildman–Crippen MR) is 90.8 cm³/mol. The Balaban J connectivity index is 1.82. The predicted octanol–water partition coefficient (Wildman–Crippen LogP) is 2.61. The first-order valence-electron chi connectivity index (χ1n) is 7.92. The second-order valence-electron chi connectivity index (χ2n) is 5.35. The number of carbonyl (C=O) groups excluding carboxylic acids is 1. The van der Waals surface area contributed by atoms with Gasteiger partial charge in [-0.3, -0.25) is 4.79 Å². The van der Waals surface area contributed by atoms with E-state index >= 15 is 0 Å². The molecule has 1 N–H and O–H groups in total. The normalized spacial score (nSPS) is 12.1. The molecule has 1 aliphatic rings. The molecule has 0 aliphatic carbocycles. The van der Waals surface area contributed by atoms with Gasteiger partial charge in [0, 0.05) is 30.9 Å². The van der Waals surface area contributed by atoms with Crippen LogP contribution in [0.4, 0.5) is 11.5 Å². The SMILES string of the molecule is CCN(CC)c1cc(C(=O)Nc2ccc3c(c2)OCO3)nc(C)n1. The van der Waals surface area contributed by atoms with Crippen LogP contribution in [0.1, 0.15) is 30.2 Å². The van der Waals surface area contributed by atoms with Crippen molar-refractivity contribution in [2.45, 2.75) is 20.8 Å². The molecule has 0 saturated carbocycles. The molecule has 2 aromatic rings. The molecule has 126 valence electrons. The second-order valence-corrected chi connectivity index (χ2v) is 5.35. The number of aromatic nitrogens is 2. The van der Waals surface area contributed by atoms with Gasteiger partial charge in [0.05, 0.1) is 0 Å². The first kappa shape index (κ1) is 16.0. The Labute approximate surface area is 140 Å². The van der Waals surface area contributed by atoms with Gasteiger partial charge in [-0.05, 0) is 32.9 Å². The van der Waals surface area contributed by atoms with Gasteiger partial charge in [-0.1, -0.05) is 0 Å². The largest absolute Gasteiger partial charge is 0.454 e. The Morgan fingerprint density at radius 2 is 1.92 bits per heavy atom. The molecule has 1 aliphatic heterocycles. The number of nitrogens with zero attached hydrogens (tertiary/aromatic N) is 3. The van der Waals surface area contributed by atoms with Crippen molar-refractivity contribution in [2.24, 2.45) is 0 Å². The van der Waals surface area contributed by atoms with Gasteiger partial charge in [-0.2, -0.15) is 0 Å². The molecule has 0 saturated heterocycles. The lowest BCUT2D eigenvalue weighted by molar-refractivity contribution is 0.102. The number of anilines is 2. The zero-order valence-corrected chi connectivity index (χ0v) is 14.0. The van der Waals surface area contributed by atoms with Crippen LogP contribution >= 0.6 is 0 Å². The van der Waals surface area contributed by atoms with Gasteiger partial charge in [0.1, 0.15) is 17.3 Å². The van der Waals surface area contributed by atoms with E-state index in [-0.39, 0.29) is 12.7 Å². The molecule has 0 bridgehead atoms. The molecule has 24 heavy (non-hydrogen) atoms. The maximum absolute atomic E-state index is 12.5. The average Bonchev–Trinajstić information content (AvgIpc) is 3.03. The smallest absolute Gasteiger partial charge is 0.274 e. The fraction of sp³-hybridized carbons (Fsp3) is 0.353. The van der Waals surface area contributed by atoms with Crippen molar-refractivity contribution in [1.82, 2.24) is 9.97 Å². The van der Waals surface area contributed by atoms with E-state index < -0.39 is 0 Å². The molecular weight excluding hydrogens is 308 g/mol. The lowest BCUT2D eigenvalue weighted by Crippen LogP contribution is -2.24. The van der Waals surface area contributed by atoms with Gasteiger partial charge in [-0.25, -0.2) is 9.97 Å². The Bertz CT molecular complexity index is 759. The maximum atomic E-state index is 12.5. The highest BCUT2D eigenvalue weighted by molar-refractivity contribution is 6.03. The van der Waals surface area contributed by atoms with Crippen molar-refractivity contribution >= 4 is 17.4 Å². The minimum atomic E-state index is -0.284. The number of aryl methyl sites for hydroxylation is 1. The van der Waals surface area contributed by atoms with E-state index in [0.29, 0.717) is 28.7 Å². The summed E-state index contributed by atoms with van der Waals surface area (Å²) < 4.78 is 10.6. The van der Waals surface area contributed by atoms with Crippen molar-refractivity contribution < 1.29 is 14.3 Å². The zero-order valence-electron chi connectivity index (χ0n) is 14.0. The van der Waals surface area contributed by atoms with Crippen LogP contribution in [-0.4, -0.2) is 35.8 Å². The Kier molecular flexibility index (Phi) is 4.50. The molecule has 1 amide bonds. The molecule has 2 heterocycles. The monoisotopic (exact) mass is 328 g/mol. The minimum absolute atomic E-state index is 0.199. The molecule has 0 fully saturated rings. The Hall–Kier alpha value is -2.83. The fourth-order valence-electron chi connectivity index (χ4n) is 2.55. The first-order chi connectivity index (χ1) is 11.6. The summed E-state index contributed by atoms with van der Waals surface area (Å²) in [6.45, 7) is 7.71. The van der Waals surface area contributed by atoms with E-state index in [1.807, 2.05) is 13.8 Å². The highest BCUT2D eigenvalue weighted by Crippen LogP contribution is 2.34. The Morgan fingerprint density at radius 3 is 2.67 bits per heavy atom. The molecule has 7 heteroatoms. The van der Waals surface area contributed by atoms with Crippen LogP contribution < -0.4 is 19.7 Å². The van der Waals surface area contributed by atoms with Crippen molar-refractivity contribution in [3.05, 3.63) is 35.8 Å². The van der Waals surface area contributed by atoms with Gasteiger partial charge >= 0.3 is 0 Å². The van der Waals surface area contributed by atoms with Gasteiger partial charge in [0.15, 0.2) is 11.5 Å². The molecule has 1 aromatic carbocycles. The molecule has 0 spiro atoms. The number of hydrogen-bond acceptors (Lipinski definition) is 6. The van der Waals surface area contributed by atoms with E-state index in [1.54, 1.807) is 31.2 Å². The van der Waals surface area contributed by atoms with Gasteiger partial charge < -0.3 is 19.7 Å².